The summed E-state index contributed by atoms with van der Waals surface area (Å²) in [6, 6.07) is 11.4. The van der Waals surface area contributed by atoms with E-state index in [2.05, 4.69) is 0 Å². The molecule has 0 N–H and O–H groups in total. The zero-order valence-electron chi connectivity index (χ0n) is 15.8. The molecule has 2 aromatic carbocycles. The number of methoxy groups -OCH3 is 1. The van der Waals surface area contributed by atoms with Crippen molar-refractivity contribution in [2.45, 2.75) is 26.5 Å². The molecule has 28 heavy (non-hydrogen) atoms. The van der Waals surface area contributed by atoms with E-state index < -0.39 is 0 Å². The molecular weight excluding hydrogens is 381 g/mol. The highest BCUT2D eigenvalue weighted by Crippen LogP contribution is 2.35. The first-order valence-corrected chi connectivity index (χ1v) is 9.53. The summed E-state index contributed by atoms with van der Waals surface area (Å²) in [6.07, 6.45) is 1.65. The third-order valence-corrected chi connectivity index (χ3v) is 5.05. The van der Waals surface area contributed by atoms with Gasteiger partial charge in [-0.3, -0.25) is 14.5 Å². The van der Waals surface area contributed by atoms with Crippen molar-refractivity contribution in [2.75, 3.05) is 7.11 Å². The van der Waals surface area contributed by atoms with Gasteiger partial charge < -0.3 is 9.47 Å². The molecule has 7 heteroatoms. The Bertz CT molecular complexity index is 942. The second kappa shape index (κ2) is 8.48. The molecule has 0 spiro atoms. The average molecular weight is 401 g/mol. The molecule has 0 saturated carbocycles. The molecule has 1 fully saturated rings. The van der Waals surface area contributed by atoms with Crippen LogP contribution in [0.3, 0.4) is 0 Å². The number of hydrogen-bond acceptors (Lipinski definition) is 5. The monoisotopic (exact) mass is 401 g/mol. The van der Waals surface area contributed by atoms with Gasteiger partial charge in [0, 0.05) is 11.6 Å². The number of thioether (sulfide) groups is 1. The minimum absolute atomic E-state index is 0.0651. The summed E-state index contributed by atoms with van der Waals surface area (Å²) in [4.78, 5) is 26.0. The first kappa shape index (κ1) is 19.9. The number of carbonyl (C=O) groups excluding carboxylic acids is 2. The van der Waals surface area contributed by atoms with Crippen molar-refractivity contribution in [1.29, 1.82) is 0 Å². The molecule has 5 nitrogen and oxygen atoms in total. The third-order valence-electron chi connectivity index (χ3n) is 4.17. The molecule has 0 aliphatic carbocycles. The lowest BCUT2D eigenvalue weighted by Crippen LogP contribution is -2.34. The lowest BCUT2D eigenvalue weighted by atomic mass is 10.1. The number of benzene rings is 2. The van der Waals surface area contributed by atoms with Crippen LogP contribution in [0, 0.1) is 5.82 Å². The van der Waals surface area contributed by atoms with Crippen LogP contribution in [0.1, 0.15) is 25.0 Å². The van der Waals surface area contributed by atoms with Gasteiger partial charge in [0.2, 0.25) is 0 Å². The maximum absolute atomic E-state index is 13.7. The van der Waals surface area contributed by atoms with Gasteiger partial charge in [-0.15, -0.1) is 0 Å². The highest BCUT2D eigenvalue weighted by molar-refractivity contribution is 8.18. The molecule has 1 aliphatic rings. The highest BCUT2D eigenvalue weighted by Gasteiger charge is 2.36. The third kappa shape index (κ3) is 4.20. The molecule has 0 atom stereocenters. The van der Waals surface area contributed by atoms with Gasteiger partial charge in [0.15, 0.2) is 11.5 Å². The number of hydrogen-bond donors (Lipinski definition) is 0. The van der Waals surface area contributed by atoms with Gasteiger partial charge in [-0.25, -0.2) is 4.39 Å². The predicted molar refractivity (Wildman–Crippen MR) is 107 cm³/mol. The van der Waals surface area contributed by atoms with Gasteiger partial charge in [-0.05, 0) is 55.4 Å². The SMILES string of the molecule is COc1cc(/C=C2/SC(=O)N(C(C)C)C2=O)ccc1OCc1ccccc1F. The molecule has 0 radical (unpaired) electrons. The smallest absolute Gasteiger partial charge is 0.293 e. The molecule has 0 bridgehead atoms. The molecule has 2 amide bonds. The molecule has 1 saturated heterocycles. The number of amides is 2. The van der Waals surface area contributed by atoms with Gasteiger partial charge in [0.1, 0.15) is 12.4 Å². The Kier molecular flexibility index (Phi) is 6.04. The topological polar surface area (TPSA) is 55.8 Å². The molecular formula is C21H20FNO4S. The number of carbonyl (C=O) groups is 2. The summed E-state index contributed by atoms with van der Waals surface area (Å²) in [5.41, 5.74) is 1.14. The molecule has 3 rings (SSSR count). The fraction of sp³-hybridized carbons (Fsp3) is 0.238. The van der Waals surface area contributed by atoms with E-state index in [0.29, 0.717) is 27.5 Å². The quantitative estimate of drug-likeness (QED) is 0.647. The van der Waals surface area contributed by atoms with Crippen molar-refractivity contribution in [3.63, 3.8) is 0 Å². The molecule has 1 heterocycles. The van der Waals surface area contributed by atoms with Crippen LogP contribution in [0.2, 0.25) is 0 Å². The van der Waals surface area contributed by atoms with E-state index in [0.717, 1.165) is 11.8 Å². The Morgan fingerprint density at radius 1 is 1.14 bits per heavy atom. The van der Waals surface area contributed by atoms with Crippen LogP contribution < -0.4 is 9.47 Å². The van der Waals surface area contributed by atoms with Gasteiger partial charge >= 0.3 is 0 Å². The second-order valence-electron chi connectivity index (χ2n) is 6.44. The fourth-order valence-corrected chi connectivity index (χ4v) is 3.70. The Balaban J connectivity index is 1.79. The summed E-state index contributed by atoms with van der Waals surface area (Å²) in [6.45, 7) is 3.66. The maximum Gasteiger partial charge on any atom is 0.293 e. The highest BCUT2D eigenvalue weighted by atomic mass is 32.2. The summed E-state index contributed by atoms with van der Waals surface area (Å²) < 4.78 is 24.8. The van der Waals surface area contributed by atoms with Gasteiger partial charge in [-0.2, -0.15) is 0 Å². The van der Waals surface area contributed by atoms with Crippen LogP contribution in [0.15, 0.2) is 47.4 Å². The normalized spacial score (nSPS) is 15.6. The summed E-state index contributed by atoms with van der Waals surface area (Å²) >= 11 is 0.917. The Labute approximate surface area is 167 Å². The maximum atomic E-state index is 13.7. The number of halogens is 1. The molecule has 1 aliphatic heterocycles. The largest absolute Gasteiger partial charge is 0.493 e. The average Bonchev–Trinajstić information content (AvgIpc) is 2.95. The Hall–Kier alpha value is -2.80. The van der Waals surface area contributed by atoms with E-state index in [-0.39, 0.29) is 29.6 Å². The van der Waals surface area contributed by atoms with Crippen LogP contribution in [0.5, 0.6) is 11.5 Å². The van der Waals surface area contributed by atoms with Crippen LogP contribution in [0.4, 0.5) is 9.18 Å². The van der Waals surface area contributed by atoms with Crippen LogP contribution >= 0.6 is 11.8 Å². The number of rotatable bonds is 6. The number of nitrogens with zero attached hydrogens (tertiary/aromatic N) is 1. The van der Waals surface area contributed by atoms with Crippen molar-refractivity contribution in [3.05, 3.63) is 64.3 Å². The van der Waals surface area contributed by atoms with E-state index in [1.807, 2.05) is 0 Å². The van der Waals surface area contributed by atoms with Crippen LogP contribution in [-0.2, 0) is 11.4 Å². The van der Waals surface area contributed by atoms with Gasteiger partial charge in [-0.1, -0.05) is 24.3 Å². The molecule has 2 aromatic rings. The lowest BCUT2D eigenvalue weighted by Gasteiger charge is -2.16. The van der Waals surface area contributed by atoms with E-state index >= 15 is 0 Å². The predicted octanol–water partition coefficient (Wildman–Crippen LogP) is 4.86. The molecule has 0 aromatic heterocycles. The first-order valence-electron chi connectivity index (χ1n) is 8.72. The van der Waals surface area contributed by atoms with E-state index in [4.69, 9.17) is 9.47 Å². The minimum Gasteiger partial charge on any atom is -0.493 e. The zero-order chi connectivity index (χ0) is 20.3. The van der Waals surface area contributed by atoms with Crippen molar-refractivity contribution in [2.24, 2.45) is 0 Å². The first-order chi connectivity index (χ1) is 13.4. The van der Waals surface area contributed by atoms with E-state index in [9.17, 15) is 14.0 Å². The molecule has 146 valence electrons. The minimum atomic E-state index is -0.334. The van der Waals surface area contributed by atoms with E-state index in [1.165, 1.54) is 18.1 Å². The van der Waals surface area contributed by atoms with Crippen molar-refractivity contribution >= 4 is 29.0 Å². The summed E-state index contributed by atoms with van der Waals surface area (Å²) in [5.74, 6) is 0.272. The fourth-order valence-electron chi connectivity index (χ4n) is 2.74. The second-order valence-corrected chi connectivity index (χ2v) is 7.43. The van der Waals surface area contributed by atoms with Crippen molar-refractivity contribution < 1.29 is 23.5 Å². The zero-order valence-corrected chi connectivity index (χ0v) is 16.6. The Morgan fingerprint density at radius 2 is 1.89 bits per heavy atom. The summed E-state index contributed by atoms with van der Waals surface area (Å²) in [5, 5.41) is -0.275. The van der Waals surface area contributed by atoms with Crippen LogP contribution in [0.25, 0.3) is 6.08 Å². The number of imide groups is 1. The Morgan fingerprint density at radius 3 is 2.54 bits per heavy atom. The van der Waals surface area contributed by atoms with Gasteiger partial charge in [0.25, 0.3) is 11.1 Å². The van der Waals surface area contributed by atoms with Crippen molar-refractivity contribution in [1.82, 2.24) is 4.90 Å². The molecule has 0 unspecified atom stereocenters. The van der Waals surface area contributed by atoms with Crippen molar-refractivity contribution in [3.8, 4) is 11.5 Å². The van der Waals surface area contributed by atoms with E-state index in [1.54, 1.807) is 56.3 Å². The van der Waals surface area contributed by atoms with Gasteiger partial charge in [0.05, 0.1) is 12.0 Å². The summed E-state index contributed by atoms with van der Waals surface area (Å²) in [7, 11) is 1.50. The number of ether oxygens (including phenoxy) is 2. The lowest BCUT2D eigenvalue weighted by molar-refractivity contribution is -0.123. The van der Waals surface area contributed by atoms with Crippen LogP contribution in [-0.4, -0.2) is 29.2 Å². The standard InChI is InChI=1S/C21H20FNO4S/c1-13(2)23-20(24)19(28-21(23)25)11-14-8-9-17(18(10-14)26-3)27-12-15-6-4-5-7-16(15)22/h4-11,13H,12H2,1-3H3/b19-11+.